The van der Waals surface area contributed by atoms with E-state index in [9.17, 15) is 0 Å². The lowest BCUT2D eigenvalue weighted by Gasteiger charge is -2.05. The number of nitrogens with two attached hydrogens (primary N) is 1. The minimum atomic E-state index is 0.438. The van der Waals surface area contributed by atoms with E-state index in [-0.39, 0.29) is 0 Å². The van der Waals surface area contributed by atoms with Gasteiger partial charge in [0.15, 0.2) is 5.65 Å². The van der Waals surface area contributed by atoms with Crippen LogP contribution in [-0.4, -0.2) is 20.0 Å². The molecule has 0 amide bonds. The van der Waals surface area contributed by atoms with Crippen molar-refractivity contribution in [3.05, 3.63) is 5.69 Å². The van der Waals surface area contributed by atoms with Crippen LogP contribution in [-0.2, 0) is 6.54 Å². The SMILES string of the molecule is N#CCCn1nc(C2CCCC2)c2c(N)[nH]nc21. The predicted molar refractivity (Wildman–Crippen MR) is 67.7 cm³/mol. The molecule has 94 valence electrons. The van der Waals surface area contributed by atoms with Gasteiger partial charge in [-0.1, -0.05) is 12.8 Å². The maximum absolute atomic E-state index is 8.68. The first kappa shape index (κ1) is 11.1. The zero-order chi connectivity index (χ0) is 12.5. The molecular weight excluding hydrogens is 228 g/mol. The molecule has 1 saturated carbocycles. The van der Waals surface area contributed by atoms with Crippen molar-refractivity contribution in [3.8, 4) is 6.07 Å². The number of anilines is 1. The smallest absolute Gasteiger partial charge is 0.182 e. The van der Waals surface area contributed by atoms with Crippen molar-refractivity contribution in [2.45, 2.75) is 44.6 Å². The van der Waals surface area contributed by atoms with E-state index in [1.807, 2.05) is 0 Å². The number of rotatable bonds is 3. The van der Waals surface area contributed by atoms with Crippen molar-refractivity contribution in [1.82, 2.24) is 20.0 Å². The molecular formula is C12H16N6. The van der Waals surface area contributed by atoms with E-state index < -0.39 is 0 Å². The summed E-state index contributed by atoms with van der Waals surface area (Å²) in [4.78, 5) is 0. The molecule has 3 N–H and O–H groups in total. The molecule has 2 aromatic heterocycles. The number of nitriles is 1. The average Bonchev–Trinajstić information content (AvgIpc) is 3.05. The molecule has 0 spiro atoms. The Labute approximate surface area is 105 Å². The zero-order valence-corrected chi connectivity index (χ0v) is 10.2. The third kappa shape index (κ3) is 1.63. The van der Waals surface area contributed by atoms with E-state index in [0.29, 0.717) is 24.7 Å². The third-order valence-corrected chi connectivity index (χ3v) is 3.68. The number of aromatic amines is 1. The molecule has 6 heteroatoms. The molecule has 1 aliphatic carbocycles. The monoisotopic (exact) mass is 244 g/mol. The van der Waals surface area contributed by atoms with Gasteiger partial charge in [0, 0.05) is 5.92 Å². The number of H-pyrrole nitrogens is 1. The number of hydrogen-bond donors (Lipinski definition) is 2. The topological polar surface area (TPSA) is 96.3 Å². The Morgan fingerprint density at radius 1 is 1.44 bits per heavy atom. The summed E-state index contributed by atoms with van der Waals surface area (Å²) in [6.45, 7) is 0.573. The predicted octanol–water partition coefficient (Wildman–Crippen LogP) is 1.91. The Kier molecular flexibility index (Phi) is 2.67. The molecule has 1 aliphatic rings. The second-order valence-electron chi connectivity index (χ2n) is 4.83. The van der Waals surface area contributed by atoms with Crippen LogP contribution in [0.2, 0.25) is 0 Å². The van der Waals surface area contributed by atoms with Gasteiger partial charge in [-0.25, -0.2) is 4.68 Å². The van der Waals surface area contributed by atoms with Crippen LogP contribution in [0.4, 0.5) is 5.82 Å². The largest absolute Gasteiger partial charge is 0.383 e. The van der Waals surface area contributed by atoms with Crippen molar-refractivity contribution in [3.63, 3.8) is 0 Å². The molecule has 0 saturated heterocycles. The van der Waals surface area contributed by atoms with Gasteiger partial charge in [-0.3, -0.25) is 5.10 Å². The van der Waals surface area contributed by atoms with E-state index in [1.54, 1.807) is 4.68 Å². The molecule has 3 rings (SSSR count). The van der Waals surface area contributed by atoms with Crippen LogP contribution in [0.15, 0.2) is 0 Å². The molecule has 6 nitrogen and oxygen atoms in total. The van der Waals surface area contributed by atoms with Crippen LogP contribution in [0.25, 0.3) is 11.0 Å². The number of hydrogen-bond acceptors (Lipinski definition) is 4. The quantitative estimate of drug-likeness (QED) is 0.861. The minimum Gasteiger partial charge on any atom is -0.383 e. The number of aromatic nitrogens is 4. The van der Waals surface area contributed by atoms with Crippen LogP contribution in [0.3, 0.4) is 0 Å². The van der Waals surface area contributed by atoms with E-state index in [0.717, 1.165) is 16.7 Å². The summed E-state index contributed by atoms with van der Waals surface area (Å²) in [6, 6.07) is 2.14. The number of nitrogen functional groups attached to an aromatic ring is 1. The Balaban J connectivity index is 2.07. The number of nitrogens with zero attached hydrogens (tertiary/aromatic N) is 4. The molecule has 0 aromatic carbocycles. The lowest BCUT2D eigenvalue weighted by Crippen LogP contribution is -2.03. The van der Waals surface area contributed by atoms with Crippen LogP contribution < -0.4 is 5.73 Å². The standard InChI is InChI=1S/C12H16N6/c13-6-3-7-18-12-9(11(14)15-16-12)10(17-18)8-4-1-2-5-8/h8H,1-5,7H2,(H3,14,15,16). The van der Waals surface area contributed by atoms with E-state index in [2.05, 4.69) is 21.4 Å². The van der Waals surface area contributed by atoms with Gasteiger partial charge in [0.25, 0.3) is 0 Å². The fraction of sp³-hybridized carbons (Fsp3) is 0.583. The highest BCUT2D eigenvalue weighted by Crippen LogP contribution is 2.38. The second-order valence-corrected chi connectivity index (χ2v) is 4.83. The van der Waals surface area contributed by atoms with Crippen molar-refractivity contribution in [2.24, 2.45) is 0 Å². The summed E-state index contributed by atoms with van der Waals surface area (Å²) < 4.78 is 1.80. The van der Waals surface area contributed by atoms with Gasteiger partial charge < -0.3 is 5.73 Å². The van der Waals surface area contributed by atoms with Gasteiger partial charge in [-0.15, -0.1) is 0 Å². The molecule has 2 aromatic rings. The van der Waals surface area contributed by atoms with Crippen LogP contribution >= 0.6 is 0 Å². The molecule has 1 fully saturated rings. The minimum absolute atomic E-state index is 0.438. The molecule has 0 bridgehead atoms. The fourth-order valence-electron chi connectivity index (χ4n) is 2.81. The molecule has 0 radical (unpaired) electrons. The maximum Gasteiger partial charge on any atom is 0.182 e. The zero-order valence-electron chi connectivity index (χ0n) is 10.2. The number of fused-ring (bicyclic) bond motifs is 1. The van der Waals surface area contributed by atoms with Crippen LogP contribution in [0.1, 0.15) is 43.7 Å². The first-order valence-electron chi connectivity index (χ1n) is 6.38. The lowest BCUT2D eigenvalue weighted by atomic mass is 10.0. The average molecular weight is 244 g/mol. The normalized spacial score (nSPS) is 16.4. The molecule has 2 heterocycles. The van der Waals surface area contributed by atoms with E-state index in [4.69, 9.17) is 11.0 Å². The van der Waals surface area contributed by atoms with E-state index in [1.165, 1.54) is 25.7 Å². The highest BCUT2D eigenvalue weighted by molar-refractivity contribution is 5.89. The van der Waals surface area contributed by atoms with Crippen molar-refractivity contribution in [1.29, 1.82) is 5.26 Å². The van der Waals surface area contributed by atoms with Gasteiger partial charge >= 0.3 is 0 Å². The number of nitrogens with one attached hydrogen (secondary N) is 1. The Bertz CT molecular complexity index is 596. The third-order valence-electron chi connectivity index (χ3n) is 3.68. The molecule has 0 aliphatic heterocycles. The second kappa shape index (κ2) is 4.33. The first-order valence-corrected chi connectivity index (χ1v) is 6.38. The fourth-order valence-corrected chi connectivity index (χ4v) is 2.81. The summed E-state index contributed by atoms with van der Waals surface area (Å²) in [5.74, 6) is 1.09. The van der Waals surface area contributed by atoms with Gasteiger partial charge in [-0.05, 0) is 12.8 Å². The van der Waals surface area contributed by atoms with Crippen LogP contribution in [0, 0.1) is 11.3 Å². The van der Waals surface area contributed by atoms with Crippen molar-refractivity contribution >= 4 is 16.9 Å². The Morgan fingerprint density at radius 3 is 2.94 bits per heavy atom. The lowest BCUT2D eigenvalue weighted by molar-refractivity contribution is 0.602. The highest BCUT2D eigenvalue weighted by atomic mass is 15.3. The Morgan fingerprint density at radius 2 is 2.22 bits per heavy atom. The number of aryl methyl sites for hydroxylation is 1. The van der Waals surface area contributed by atoms with Gasteiger partial charge in [0.1, 0.15) is 5.82 Å². The molecule has 0 atom stereocenters. The van der Waals surface area contributed by atoms with Crippen molar-refractivity contribution < 1.29 is 0 Å². The van der Waals surface area contributed by atoms with Crippen molar-refractivity contribution in [2.75, 3.05) is 5.73 Å². The van der Waals surface area contributed by atoms with Crippen LogP contribution in [0.5, 0.6) is 0 Å². The highest BCUT2D eigenvalue weighted by Gasteiger charge is 2.25. The Hall–Kier alpha value is -2.03. The molecule has 18 heavy (non-hydrogen) atoms. The van der Waals surface area contributed by atoms with Gasteiger partial charge in [-0.2, -0.15) is 15.5 Å². The maximum atomic E-state index is 8.68. The van der Waals surface area contributed by atoms with E-state index >= 15 is 0 Å². The van der Waals surface area contributed by atoms with Gasteiger partial charge in [0.2, 0.25) is 0 Å². The first-order chi connectivity index (χ1) is 8.81. The summed E-state index contributed by atoms with van der Waals surface area (Å²) in [5, 5.41) is 21.3. The van der Waals surface area contributed by atoms with Gasteiger partial charge in [0.05, 0.1) is 30.1 Å². The summed E-state index contributed by atoms with van der Waals surface area (Å²) >= 11 is 0. The summed E-state index contributed by atoms with van der Waals surface area (Å²) in [7, 11) is 0. The summed E-state index contributed by atoms with van der Waals surface area (Å²) in [5.41, 5.74) is 7.79. The summed E-state index contributed by atoms with van der Waals surface area (Å²) in [6.07, 6.45) is 5.31. The molecule has 0 unspecified atom stereocenters.